The molecule has 1 aliphatic rings. The molecule has 3 rings (SSSR count). The highest BCUT2D eigenvalue weighted by atomic mass is 16.6. The van der Waals surface area contributed by atoms with Crippen molar-refractivity contribution in [1.29, 1.82) is 0 Å². The molecular formula is C17H14O5. The molecule has 0 saturated heterocycles. The van der Waals surface area contributed by atoms with Gasteiger partial charge in [-0.1, -0.05) is 12.1 Å². The second kappa shape index (κ2) is 5.52. The molecule has 2 aromatic carbocycles. The fourth-order valence-corrected chi connectivity index (χ4v) is 2.20. The third-order valence-corrected chi connectivity index (χ3v) is 3.12. The number of hydrogen-bond acceptors (Lipinski definition) is 5. The van der Waals surface area contributed by atoms with E-state index < -0.39 is 5.97 Å². The normalized spacial score (nSPS) is 12.6. The molecule has 0 bridgehead atoms. The molecule has 1 heterocycles. The van der Waals surface area contributed by atoms with E-state index in [4.69, 9.17) is 14.2 Å². The fraction of sp³-hybridized carbons (Fsp3) is 0.176. The highest BCUT2D eigenvalue weighted by Gasteiger charge is 2.27. The van der Waals surface area contributed by atoms with E-state index in [1.54, 1.807) is 30.3 Å². The molecule has 0 aromatic heterocycles. The van der Waals surface area contributed by atoms with Crippen molar-refractivity contribution in [3.8, 4) is 23.0 Å². The molecule has 0 saturated carbocycles. The lowest BCUT2D eigenvalue weighted by molar-refractivity contribution is 0.0737. The Balaban J connectivity index is 2.17. The maximum Gasteiger partial charge on any atom is 0.347 e. The van der Waals surface area contributed by atoms with Crippen LogP contribution in [0.4, 0.5) is 0 Å². The Morgan fingerprint density at radius 2 is 1.73 bits per heavy atom. The molecule has 0 spiro atoms. The summed E-state index contributed by atoms with van der Waals surface area (Å²) in [6.07, 6.45) is 0.513. The summed E-state index contributed by atoms with van der Waals surface area (Å²) in [5, 5.41) is 0. The van der Waals surface area contributed by atoms with Gasteiger partial charge in [0.15, 0.2) is 23.5 Å². The zero-order valence-corrected chi connectivity index (χ0v) is 12.2. The Morgan fingerprint density at radius 1 is 1.05 bits per heavy atom. The van der Waals surface area contributed by atoms with Gasteiger partial charge < -0.3 is 14.2 Å². The van der Waals surface area contributed by atoms with Crippen LogP contribution in [0.3, 0.4) is 0 Å². The summed E-state index contributed by atoms with van der Waals surface area (Å²) in [4.78, 5) is 23.7. The van der Waals surface area contributed by atoms with Crippen LogP contribution in [-0.4, -0.2) is 18.4 Å². The number of carbonyl (C=O) groups excluding carboxylic acids is 2. The Kier molecular flexibility index (Phi) is 3.55. The maximum absolute atomic E-state index is 12.2. The van der Waals surface area contributed by atoms with E-state index in [0.29, 0.717) is 23.5 Å². The van der Waals surface area contributed by atoms with Gasteiger partial charge in [-0.2, -0.15) is 0 Å². The second-order valence-electron chi connectivity index (χ2n) is 5.08. The number of fused-ring (bicyclic) bond motifs is 2. The minimum Gasteiger partial charge on any atom is -0.490 e. The van der Waals surface area contributed by atoms with E-state index in [0.717, 1.165) is 0 Å². The summed E-state index contributed by atoms with van der Waals surface area (Å²) in [5.41, 5.74) is 0.384. The number of para-hydroxylation sites is 2. The summed E-state index contributed by atoms with van der Waals surface area (Å²) in [7, 11) is 0. The average Bonchev–Trinajstić information content (AvgIpc) is 2.62. The largest absolute Gasteiger partial charge is 0.490 e. The van der Waals surface area contributed by atoms with E-state index in [2.05, 4.69) is 0 Å². The number of benzene rings is 2. The lowest BCUT2D eigenvalue weighted by atomic mass is 10.1. The SMILES string of the molecule is CC(C)Oc1ccc2c(c1C=O)Oc1ccccc1OC2=O. The Hall–Kier alpha value is -2.82. The lowest BCUT2D eigenvalue weighted by Gasteiger charge is -2.15. The van der Waals surface area contributed by atoms with Gasteiger partial charge in [0.05, 0.1) is 11.7 Å². The first-order valence-electron chi connectivity index (χ1n) is 6.88. The first-order chi connectivity index (χ1) is 10.6. The number of rotatable bonds is 3. The van der Waals surface area contributed by atoms with Crippen LogP contribution in [0.25, 0.3) is 0 Å². The van der Waals surface area contributed by atoms with Crippen molar-refractivity contribution in [1.82, 2.24) is 0 Å². The van der Waals surface area contributed by atoms with Crippen molar-refractivity contribution in [2.75, 3.05) is 0 Å². The molecule has 0 fully saturated rings. The summed E-state index contributed by atoms with van der Waals surface area (Å²) in [5.74, 6) is 0.643. The minimum atomic E-state index is -0.570. The van der Waals surface area contributed by atoms with Gasteiger partial charge in [0, 0.05) is 0 Å². The van der Waals surface area contributed by atoms with Gasteiger partial charge in [-0.05, 0) is 38.1 Å². The fourth-order valence-electron chi connectivity index (χ4n) is 2.20. The first kappa shape index (κ1) is 14.1. The Morgan fingerprint density at radius 3 is 2.36 bits per heavy atom. The van der Waals surface area contributed by atoms with Gasteiger partial charge >= 0.3 is 5.97 Å². The summed E-state index contributed by atoms with van der Waals surface area (Å²) in [6, 6.07) is 9.90. The van der Waals surface area contributed by atoms with Crippen LogP contribution >= 0.6 is 0 Å². The van der Waals surface area contributed by atoms with Crippen LogP contribution in [0.15, 0.2) is 36.4 Å². The van der Waals surface area contributed by atoms with Crippen LogP contribution in [0.2, 0.25) is 0 Å². The number of aldehydes is 1. The third kappa shape index (κ3) is 2.41. The molecule has 1 aliphatic heterocycles. The van der Waals surface area contributed by atoms with Crippen molar-refractivity contribution in [3.05, 3.63) is 47.5 Å². The predicted octanol–water partition coefficient (Wildman–Crippen LogP) is 3.61. The lowest BCUT2D eigenvalue weighted by Crippen LogP contribution is -2.11. The average molecular weight is 298 g/mol. The highest BCUT2D eigenvalue weighted by Crippen LogP contribution is 2.41. The molecule has 0 N–H and O–H groups in total. The maximum atomic E-state index is 12.2. The molecule has 112 valence electrons. The number of ether oxygens (including phenoxy) is 3. The van der Waals surface area contributed by atoms with Crippen LogP contribution in [0.5, 0.6) is 23.0 Å². The van der Waals surface area contributed by atoms with E-state index >= 15 is 0 Å². The summed E-state index contributed by atoms with van der Waals surface area (Å²) >= 11 is 0. The first-order valence-corrected chi connectivity index (χ1v) is 6.88. The van der Waals surface area contributed by atoms with Gasteiger partial charge in [-0.25, -0.2) is 4.79 Å². The monoisotopic (exact) mass is 298 g/mol. The number of esters is 1. The molecule has 0 radical (unpaired) electrons. The second-order valence-corrected chi connectivity index (χ2v) is 5.08. The third-order valence-electron chi connectivity index (χ3n) is 3.12. The van der Waals surface area contributed by atoms with Gasteiger partial charge in [0.25, 0.3) is 0 Å². The Bertz CT molecular complexity index is 749. The van der Waals surface area contributed by atoms with Crippen LogP contribution < -0.4 is 14.2 Å². The molecule has 5 heteroatoms. The molecule has 22 heavy (non-hydrogen) atoms. The molecule has 0 amide bonds. The van der Waals surface area contributed by atoms with E-state index in [9.17, 15) is 9.59 Å². The summed E-state index contributed by atoms with van der Waals surface area (Å²) in [6.45, 7) is 3.70. The molecule has 0 aliphatic carbocycles. The molecular weight excluding hydrogens is 284 g/mol. The topological polar surface area (TPSA) is 61.8 Å². The number of hydrogen-bond donors (Lipinski definition) is 0. The van der Waals surface area contributed by atoms with E-state index in [1.165, 1.54) is 6.07 Å². The van der Waals surface area contributed by atoms with Crippen molar-refractivity contribution < 1.29 is 23.8 Å². The predicted molar refractivity (Wildman–Crippen MR) is 79.1 cm³/mol. The van der Waals surface area contributed by atoms with Gasteiger partial charge in [-0.3, -0.25) is 4.79 Å². The van der Waals surface area contributed by atoms with Gasteiger partial charge in [-0.15, -0.1) is 0 Å². The van der Waals surface area contributed by atoms with Crippen molar-refractivity contribution in [2.24, 2.45) is 0 Å². The number of carbonyl (C=O) groups is 2. The van der Waals surface area contributed by atoms with Crippen LogP contribution in [0.1, 0.15) is 34.6 Å². The van der Waals surface area contributed by atoms with E-state index in [-0.39, 0.29) is 23.0 Å². The van der Waals surface area contributed by atoms with Crippen molar-refractivity contribution in [2.45, 2.75) is 20.0 Å². The zero-order chi connectivity index (χ0) is 15.7. The van der Waals surface area contributed by atoms with Gasteiger partial charge in [0.2, 0.25) is 0 Å². The summed E-state index contributed by atoms with van der Waals surface area (Å²) < 4.78 is 16.6. The molecule has 0 atom stereocenters. The Labute approximate surface area is 127 Å². The highest BCUT2D eigenvalue weighted by molar-refractivity contribution is 5.99. The zero-order valence-electron chi connectivity index (χ0n) is 12.2. The van der Waals surface area contributed by atoms with Crippen LogP contribution in [0, 0.1) is 0 Å². The molecule has 2 aromatic rings. The van der Waals surface area contributed by atoms with Crippen molar-refractivity contribution >= 4 is 12.3 Å². The van der Waals surface area contributed by atoms with Crippen LogP contribution in [-0.2, 0) is 0 Å². The molecule has 5 nitrogen and oxygen atoms in total. The van der Waals surface area contributed by atoms with Crippen molar-refractivity contribution in [3.63, 3.8) is 0 Å². The standard InChI is InChI=1S/C17H14O5/c1-10(2)20-13-8-7-11-16(12(13)9-18)21-14-5-3-4-6-15(14)22-17(11)19/h3-10H,1-2H3. The molecule has 0 unspecified atom stereocenters. The van der Waals surface area contributed by atoms with E-state index in [1.807, 2.05) is 13.8 Å². The minimum absolute atomic E-state index is 0.109. The smallest absolute Gasteiger partial charge is 0.347 e. The quantitative estimate of drug-likeness (QED) is 0.492. The van der Waals surface area contributed by atoms with Gasteiger partial charge in [0.1, 0.15) is 11.3 Å².